The molecule has 6 rings (SSSR count). The molecule has 9 nitrogen and oxygen atoms in total. The minimum Gasteiger partial charge on any atom is -0.385 e. The number of anilines is 1. The number of aromatic amines is 1. The highest BCUT2D eigenvalue weighted by atomic mass is 16.8. The molecule has 0 radical (unpaired) electrons. The van der Waals surface area contributed by atoms with E-state index in [9.17, 15) is 9.90 Å². The zero-order chi connectivity index (χ0) is 28.7. The van der Waals surface area contributed by atoms with E-state index in [0.29, 0.717) is 18.5 Å². The summed E-state index contributed by atoms with van der Waals surface area (Å²) in [4.78, 5) is 19.8. The third-order valence-corrected chi connectivity index (χ3v) is 9.09. The van der Waals surface area contributed by atoms with E-state index in [1.807, 2.05) is 52.0 Å². The van der Waals surface area contributed by atoms with Gasteiger partial charge in [0.25, 0.3) is 5.91 Å². The van der Waals surface area contributed by atoms with Crippen molar-refractivity contribution >= 4 is 17.2 Å². The van der Waals surface area contributed by atoms with E-state index in [1.165, 1.54) is 6.20 Å². The fourth-order valence-corrected chi connectivity index (χ4v) is 7.21. The first-order chi connectivity index (χ1) is 18.6. The Kier molecular flexibility index (Phi) is 5.93. The number of aliphatic hydroxyl groups is 1. The van der Waals surface area contributed by atoms with E-state index in [4.69, 9.17) is 19.5 Å². The molecule has 4 heterocycles. The van der Waals surface area contributed by atoms with Gasteiger partial charge in [-0.15, -0.1) is 0 Å². The van der Waals surface area contributed by atoms with Crippen molar-refractivity contribution in [1.82, 2.24) is 9.97 Å². The quantitative estimate of drug-likeness (QED) is 0.482. The minimum absolute atomic E-state index is 0.0697. The lowest BCUT2D eigenvalue weighted by atomic mass is 9.74. The zero-order valence-corrected chi connectivity index (χ0v) is 24.1. The number of allylic oxidation sites excluding steroid dienone is 2. The number of nitriles is 1. The molecule has 1 aromatic heterocycles. The van der Waals surface area contributed by atoms with Crippen LogP contribution in [-0.4, -0.2) is 50.2 Å². The van der Waals surface area contributed by atoms with Crippen molar-refractivity contribution < 1.29 is 24.1 Å². The Hall–Kier alpha value is -3.03. The highest BCUT2D eigenvalue weighted by molar-refractivity contribution is 6.03. The average molecular weight is 547 g/mol. The van der Waals surface area contributed by atoms with Gasteiger partial charge in [0.1, 0.15) is 24.0 Å². The molecule has 2 unspecified atom stereocenters. The predicted octanol–water partition coefficient (Wildman–Crippen LogP) is 5.18. The summed E-state index contributed by atoms with van der Waals surface area (Å²) in [6.45, 7) is 12.4. The maximum absolute atomic E-state index is 13.0. The van der Waals surface area contributed by atoms with Crippen molar-refractivity contribution in [1.29, 1.82) is 5.26 Å². The lowest BCUT2D eigenvalue weighted by Crippen LogP contribution is -2.53. The molecule has 1 amide bonds. The number of hydrogen-bond donors (Lipinski definition) is 3. The van der Waals surface area contributed by atoms with E-state index >= 15 is 0 Å². The van der Waals surface area contributed by atoms with E-state index in [1.54, 1.807) is 0 Å². The Morgan fingerprint density at radius 3 is 2.38 bits per heavy atom. The third-order valence-electron chi connectivity index (χ3n) is 9.09. The Balaban J connectivity index is 1.37. The highest BCUT2D eigenvalue weighted by Gasteiger charge is 2.71. The molecule has 1 aromatic carbocycles. The number of ether oxygens (including phenoxy) is 3. The van der Waals surface area contributed by atoms with Crippen LogP contribution in [0.25, 0.3) is 5.57 Å². The molecule has 2 aromatic rings. The highest BCUT2D eigenvalue weighted by Crippen LogP contribution is 2.60. The van der Waals surface area contributed by atoms with E-state index in [0.717, 1.165) is 36.0 Å². The third kappa shape index (κ3) is 4.47. The standard InChI is InChI=1S/C31H38N4O5/c1-27(2)11-9-18(10-12-27)21-13-19(7-8-22(21)35-26(36)25-33-15-20(14-32)34-25)31(37)16-29(5)23-24(30(6,17-31)40-29)39-28(3,4)38-23/h7-9,13,15,23-24,37H,10-12,16-17H2,1-6H3,(H,33,34)(H,35,36)/t23-,24+,29+,30?,31?/m0/s1. The number of hydrogen-bond acceptors (Lipinski definition) is 7. The number of carbonyl (C=O) groups excluding carboxylic acids is 1. The second-order valence-electron chi connectivity index (χ2n) is 13.7. The maximum atomic E-state index is 13.0. The summed E-state index contributed by atoms with van der Waals surface area (Å²) in [5, 5.41) is 24.4. The van der Waals surface area contributed by atoms with E-state index in [2.05, 4.69) is 35.2 Å². The Bertz CT molecular complexity index is 1420. The van der Waals surface area contributed by atoms with Crippen molar-refractivity contribution in [2.45, 2.75) is 108 Å². The number of imidazole rings is 1. The molecule has 3 aliphatic heterocycles. The molecule has 1 aliphatic carbocycles. The van der Waals surface area contributed by atoms with Crippen LogP contribution in [0.4, 0.5) is 5.69 Å². The van der Waals surface area contributed by atoms with Crippen LogP contribution in [0.1, 0.15) is 101 Å². The lowest BCUT2D eigenvalue weighted by Gasteiger charge is -2.48. The molecule has 5 atom stereocenters. The first-order valence-corrected chi connectivity index (χ1v) is 14.0. The van der Waals surface area contributed by atoms with Crippen LogP contribution in [0.15, 0.2) is 30.5 Å². The molecule has 2 bridgehead atoms. The van der Waals surface area contributed by atoms with Crippen LogP contribution in [0, 0.1) is 16.7 Å². The van der Waals surface area contributed by atoms with Crippen LogP contribution < -0.4 is 5.32 Å². The summed E-state index contributed by atoms with van der Waals surface area (Å²) in [6, 6.07) is 7.71. The lowest BCUT2D eigenvalue weighted by molar-refractivity contribution is -0.270. The number of rotatable bonds is 4. The molecular formula is C31H38N4O5. The number of H-pyrrole nitrogens is 1. The number of aromatic nitrogens is 2. The number of nitrogens with one attached hydrogen (secondary N) is 2. The van der Waals surface area contributed by atoms with Crippen molar-refractivity contribution in [3.63, 3.8) is 0 Å². The van der Waals surface area contributed by atoms with Crippen molar-refractivity contribution in [3.8, 4) is 6.07 Å². The summed E-state index contributed by atoms with van der Waals surface area (Å²) in [5.41, 5.74) is 1.22. The van der Waals surface area contributed by atoms with Gasteiger partial charge >= 0.3 is 0 Å². The SMILES string of the molecule is CC1(C)CC=C(c2cc(C3(O)CC4(C)O[C@](C)(C3)[C@H]3OC(C)(C)O[C@H]34)ccc2NC(=O)c2ncc(C#N)[nH]2)CC1. The maximum Gasteiger partial charge on any atom is 0.291 e. The molecule has 40 heavy (non-hydrogen) atoms. The van der Waals surface area contributed by atoms with E-state index in [-0.39, 0.29) is 29.1 Å². The average Bonchev–Trinajstić information content (AvgIpc) is 3.51. The number of amides is 1. The van der Waals surface area contributed by atoms with Crippen LogP contribution in [0.3, 0.4) is 0 Å². The van der Waals surface area contributed by atoms with Gasteiger partial charge in [-0.1, -0.05) is 26.0 Å². The summed E-state index contributed by atoms with van der Waals surface area (Å²) >= 11 is 0. The minimum atomic E-state index is -1.18. The van der Waals surface area contributed by atoms with Crippen molar-refractivity contribution in [3.05, 3.63) is 53.1 Å². The second-order valence-corrected chi connectivity index (χ2v) is 13.7. The van der Waals surface area contributed by atoms with Crippen LogP contribution in [0.5, 0.6) is 0 Å². The van der Waals surface area contributed by atoms with Crippen molar-refractivity contribution in [2.24, 2.45) is 5.41 Å². The van der Waals surface area contributed by atoms with Crippen LogP contribution >= 0.6 is 0 Å². The largest absolute Gasteiger partial charge is 0.385 e. The molecule has 212 valence electrons. The normalized spacial score (nSPS) is 35.5. The first kappa shape index (κ1) is 27.2. The summed E-state index contributed by atoms with van der Waals surface area (Å²) in [5.74, 6) is -1.06. The molecule has 9 heteroatoms. The molecule has 3 N–H and O–H groups in total. The Labute approximate surface area is 234 Å². The van der Waals surface area contributed by atoms with Gasteiger partial charge in [0.15, 0.2) is 11.6 Å². The molecule has 0 saturated carbocycles. The molecule has 3 saturated heterocycles. The van der Waals surface area contributed by atoms with Gasteiger partial charge in [0, 0.05) is 24.1 Å². The topological polar surface area (TPSA) is 129 Å². The number of fused-ring (bicyclic) bond motifs is 5. The van der Waals surface area contributed by atoms with Crippen molar-refractivity contribution in [2.75, 3.05) is 5.32 Å². The molecule has 4 aliphatic rings. The first-order valence-electron chi connectivity index (χ1n) is 14.0. The van der Waals surface area contributed by atoms with Gasteiger partial charge in [-0.2, -0.15) is 5.26 Å². The number of nitrogens with zero attached hydrogens (tertiary/aromatic N) is 2. The second kappa shape index (κ2) is 8.73. The number of benzene rings is 1. The van der Waals surface area contributed by atoms with Crippen LogP contribution in [0.2, 0.25) is 0 Å². The fourth-order valence-electron chi connectivity index (χ4n) is 7.21. The van der Waals surface area contributed by atoms with Crippen LogP contribution in [-0.2, 0) is 19.8 Å². The van der Waals surface area contributed by atoms with Gasteiger partial charge in [0.2, 0.25) is 0 Å². The summed E-state index contributed by atoms with van der Waals surface area (Å²) < 4.78 is 19.1. The monoisotopic (exact) mass is 546 g/mol. The Morgan fingerprint density at radius 2 is 1.80 bits per heavy atom. The van der Waals surface area contributed by atoms with Gasteiger partial charge < -0.3 is 29.6 Å². The number of carbonyl (C=O) groups is 1. The Morgan fingerprint density at radius 1 is 1.12 bits per heavy atom. The molecule has 3 fully saturated rings. The zero-order valence-electron chi connectivity index (χ0n) is 24.1. The molecule has 0 spiro atoms. The van der Waals surface area contributed by atoms with Gasteiger partial charge in [0.05, 0.1) is 23.0 Å². The van der Waals surface area contributed by atoms with Gasteiger partial charge in [-0.3, -0.25) is 4.79 Å². The smallest absolute Gasteiger partial charge is 0.291 e. The predicted molar refractivity (Wildman–Crippen MR) is 148 cm³/mol. The molecular weight excluding hydrogens is 508 g/mol. The van der Waals surface area contributed by atoms with Gasteiger partial charge in [-0.05, 0) is 75.6 Å². The van der Waals surface area contributed by atoms with E-state index < -0.39 is 28.5 Å². The summed E-state index contributed by atoms with van der Waals surface area (Å²) in [6.07, 6.45) is 6.53. The summed E-state index contributed by atoms with van der Waals surface area (Å²) in [7, 11) is 0. The van der Waals surface area contributed by atoms with Gasteiger partial charge in [-0.25, -0.2) is 4.98 Å². The fraction of sp³-hybridized carbons (Fsp3) is 0.581.